The van der Waals surface area contributed by atoms with Gasteiger partial charge in [-0.25, -0.2) is 0 Å². The number of aryl methyl sites for hydroxylation is 1. The highest BCUT2D eigenvalue weighted by molar-refractivity contribution is 8.02. The Kier molecular flexibility index (Phi) is 6.02. The van der Waals surface area contributed by atoms with Gasteiger partial charge in [-0.3, -0.25) is 0 Å². The van der Waals surface area contributed by atoms with Crippen molar-refractivity contribution in [1.82, 2.24) is 0 Å². The SMILES string of the molecule is CC(C)=C(O[Si](C)(C)C)SCCc1ccccc1. The van der Waals surface area contributed by atoms with E-state index in [0.717, 1.165) is 17.3 Å². The Bertz CT molecular complexity index is 389. The van der Waals surface area contributed by atoms with E-state index in [4.69, 9.17) is 4.43 Å². The zero-order valence-corrected chi connectivity index (χ0v) is 13.9. The summed E-state index contributed by atoms with van der Waals surface area (Å²) in [5.74, 6) is 1.08. The molecule has 0 aliphatic heterocycles. The third kappa shape index (κ3) is 6.31. The number of rotatable bonds is 6. The zero-order chi connectivity index (χ0) is 13.6. The summed E-state index contributed by atoms with van der Waals surface area (Å²) < 4.78 is 6.12. The van der Waals surface area contributed by atoms with Gasteiger partial charge in [-0.05, 0) is 51.0 Å². The van der Waals surface area contributed by atoms with Crippen LogP contribution < -0.4 is 0 Å². The summed E-state index contributed by atoms with van der Waals surface area (Å²) in [6.45, 7) is 10.9. The molecule has 0 saturated heterocycles. The smallest absolute Gasteiger partial charge is 0.242 e. The molecule has 18 heavy (non-hydrogen) atoms. The van der Waals surface area contributed by atoms with Crippen LogP contribution in [0.1, 0.15) is 19.4 Å². The highest BCUT2D eigenvalue weighted by atomic mass is 32.2. The lowest BCUT2D eigenvalue weighted by Crippen LogP contribution is -2.24. The number of hydrogen-bond donors (Lipinski definition) is 0. The molecule has 0 aromatic heterocycles. The Morgan fingerprint density at radius 1 is 1.11 bits per heavy atom. The maximum atomic E-state index is 6.12. The molecule has 0 fully saturated rings. The van der Waals surface area contributed by atoms with Crippen LogP contribution in [-0.2, 0) is 10.8 Å². The molecule has 3 heteroatoms. The molecule has 100 valence electrons. The molecule has 0 bridgehead atoms. The van der Waals surface area contributed by atoms with Crippen LogP contribution >= 0.6 is 11.8 Å². The molecule has 0 aliphatic carbocycles. The van der Waals surface area contributed by atoms with E-state index in [2.05, 4.69) is 63.8 Å². The summed E-state index contributed by atoms with van der Waals surface area (Å²) in [6.07, 6.45) is 1.09. The van der Waals surface area contributed by atoms with E-state index in [1.54, 1.807) is 0 Å². The Morgan fingerprint density at radius 3 is 2.22 bits per heavy atom. The van der Waals surface area contributed by atoms with Crippen molar-refractivity contribution >= 4 is 20.1 Å². The summed E-state index contributed by atoms with van der Waals surface area (Å²) in [5.41, 5.74) is 2.68. The Balaban J connectivity index is 2.47. The van der Waals surface area contributed by atoms with Gasteiger partial charge in [0.05, 0.1) is 0 Å². The Hall–Kier alpha value is -0.673. The molecule has 1 nitrogen and oxygen atoms in total. The Labute approximate surface area is 117 Å². The van der Waals surface area contributed by atoms with Crippen molar-refractivity contribution < 1.29 is 4.43 Å². The van der Waals surface area contributed by atoms with Crippen LogP contribution in [0.5, 0.6) is 0 Å². The van der Waals surface area contributed by atoms with Crippen molar-refractivity contribution in [3.63, 3.8) is 0 Å². The van der Waals surface area contributed by atoms with E-state index in [0.29, 0.717) is 0 Å². The van der Waals surface area contributed by atoms with Crippen LogP contribution in [0.25, 0.3) is 0 Å². The van der Waals surface area contributed by atoms with Crippen LogP contribution in [0.4, 0.5) is 0 Å². The van der Waals surface area contributed by atoms with Crippen molar-refractivity contribution in [3.05, 3.63) is 46.6 Å². The van der Waals surface area contributed by atoms with E-state index < -0.39 is 8.32 Å². The Morgan fingerprint density at radius 2 is 1.72 bits per heavy atom. The first-order valence-corrected chi connectivity index (χ1v) is 10.8. The fourth-order valence-corrected chi connectivity index (χ4v) is 4.02. The van der Waals surface area contributed by atoms with Gasteiger partial charge in [-0.15, -0.1) is 0 Å². The first-order chi connectivity index (χ1) is 8.38. The second kappa shape index (κ2) is 7.05. The van der Waals surface area contributed by atoms with Crippen molar-refractivity contribution in [2.75, 3.05) is 5.75 Å². The lowest BCUT2D eigenvalue weighted by Gasteiger charge is -2.22. The number of benzene rings is 1. The van der Waals surface area contributed by atoms with Crippen LogP contribution in [0, 0.1) is 0 Å². The molecule has 0 spiro atoms. The van der Waals surface area contributed by atoms with Crippen LogP contribution in [-0.4, -0.2) is 14.1 Å². The molecule has 0 radical (unpaired) electrons. The molecule has 0 unspecified atom stereocenters. The molecule has 0 amide bonds. The van der Waals surface area contributed by atoms with E-state index in [9.17, 15) is 0 Å². The van der Waals surface area contributed by atoms with Gasteiger partial charge in [0.15, 0.2) is 0 Å². The highest BCUT2D eigenvalue weighted by Gasteiger charge is 2.18. The minimum absolute atomic E-state index is 1.08. The normalized spacial score (nSPS) is 11.2. The third-order valence-corrected chi connectivity index (χ3v) is 4.40. The minimum Gasteiger partial charge on any atom is -0.540 e. The summed E-state index contributed by atoms with van der Waals surface area (Å²) in [6, 6.07) is 10.6. The maximum absolute atomic E-state index is 6.12. The lowest BCUT2D eigenvalue weighted by molar-refractivity contribution is 0.457. The van der Waals surface area contributed by atoms with Gasteiger partial charge in [0, 0.05) is 5.75 Å². The van der Waals surface area contributed by atoms with Crippen molar-refractivity contribution in [2.45, 2.75) is 39.9 Å². The second-order valence-corrected chi connectivity index (χ2v) is 11.1. The average molecular weight is 281 g/mol. The fraction of sp³-hybridized carbons (Fsp3) is 0.467. The van der Waals surface area contributed by atoms with E-state index in [1.807, 2.05) is 11.8 Å². The quantitative estimate of drug-likeness (QED) is 0.532. The highest BCUT2D eigenvalue weighted by Crippen LogP contribution is 2.26. The maximum Gasteiger partial charge on any atom is 0.242 e. The molecule has 0 aliphatic rings. The molecule has 0 heterocycles. The first kappa shape index (κ1) is 15.4. The fourth-order valence-electron chi connectivity index (χ4n) is 1.46. The van der Waals surface area contributed by atoms with Gasteiger partial charge in [-0.2, -0.15) is 0 Å². The summed E-state index contributed by atoms with van der Waals surface area (Å²) in [5, 5.41) is 1.13. The van der Waals surface area contributed by atoms with Gasteiger partial charge < -0.3 is 4.43 Å². The topological polar surface area (TPSA) is 9.23 Å². The molecule has 0 N–H and O–H groups in total. The third-order valence-electron chi connectivity index (χ3n) is 2.27. The number of thioether (sulfide) groups is 1. The van der Waals surface area contributed by atoms with Gasteiger partial charge in [-0.1, -0.05) is 42.1 Å². The van der Waals surface area contributed by atoms with Gasteiger partial charge in [0.2, 0.25) is 8.32 Å². The average Bonchev–Trinajstić information content (AvgIpc) is 2.27. The second-order valence-electron chi connectivity index (χ2n) is 5.59. The van der Waals surface area contributed by atoms with Gasteiger partial charge in [0.25, 0.3) is 0 Å². The summed E-state index contributed by atoms with van der Waals surface area (Å²) in [4.78, 5) is 0. The van der Waals surface area contributed by atoms with Crippen molar-refractivity contribution in [2.24, 2.45) is 0 Å². The van der Waals surface area contributed by atoms with Crippen LogP contribution in [0.3, 0.4) is 0 Å². The molecule has 1 aromatic rings. The summed E-state index contributed by atoms with van der Waals surface area (Å²) >= 11 is 1.84. The lowest BCUT2D eigenvalue weighted by atomic mass is 10.2. The largest absolute Gasteiger partial charge is 0.540 e. The molecule has 1 rings (SSSR count). The molecule has 0 atom stereocenters. The van der Waals surface area contributed by atoms with E-state index in [1.165, 1.54) is 11.1 Å². The van der Waals surface area contributed by atoms with Gasteiger partial charge in [0.1, 0.15) is 5.09 Å². The predicted octanol–water partition coefficient (Wildman–Crippen LogP) is 5.07. The van der Waals surface area contributed by atoms with Crippen molar-refractivity contribution in [3.8, 4) is 0 Å². The minimum atomic E-state index is -1.49. The monoisotopic (exact) mass is 280 g/mol. The molecule has 1 aromatic carbocycles. The zero-order valence-electron chi connectivity index (χ0n) is 12.1. The number of hydrogen-bond acceptors (Lipinski definition) is 2. The molecular weight excluding hydrogens is 256 g/mol. The standard InChI is InChI=1S/C15H24OSSi/c1-13(2)15(16-18(3,4)5)17-12-11-14-9-7-6-8-10-14/h6-10H,11-12H2,1-5H3. The van der Waals surface area contributed by atoms with E-state index >= 15 is 0 Å². The predicted molar refractivity (Wildman–Crippen MR) is 85.4 cm³/mol. The molecule has 0 saturated carbocycles. The van der Waals surface area contributed by atoms with E-state index in [-0.39, 0.29) is 0 Å². The summed E-state index contributed by atoms with van der Waals surface area (Å²) in [7, 11) is -1.49. The van der Waals surface area contributed by atoms with Gasteiger partial charge >= 0.3 is 0 Å². The first-order valence-electron chi connectivity index (χ1n) is 6.42. The van der Waals surface area contributed by atoms with Crippen LogP contribution in [0.15, 0.2) is 41.0 Å². The molecular formula is C15H24OSSi. The van der Waals surface area contributed by atoms with Crippen LogP contribution in [0.2, 0.25) is 19.6 Å². The number of allylic oxidation sites excluding steroid dienone is 1. The van der Waals surface area contributed by atoms with Crippen molar-refractivity contribution in [1.29, 1.82) is 0 Å².